The van der Waals surface area contributed by atoms with Crippen LogP contribution in [0.1, 0.15) is 53.0 Å². The standard InChI is InChI=1S/C18H18N2O5S.C12H14ClNO2/c1-25-16-5-3-2-4-15(16)18(22)20-26(23,24)14-10-6-12(7-11-14)17(21)19-13-8-9-13;1-12(2)8-16-14(11(12)15)7-9-5-3-4-6-10(9)13/h2-7,10-11,13H,8-9H2,1H3,(H,19,21)(H,20,22);3-6H,7-8H2,1-2H3. The third-order valence-corrected chi connectivity index (χ3v) is 8.29. The minimum absolute atomic E-state index is 0.00687. The lowest BCUT2D eigenvalue weighted by atomic mass is 9.95. The number of rotatable bonds is 8. The molecule has 5 rings (SSSR count). The number of hydrogen-bond acceptors (Lipinski definition) is 7. The summed E-state index contributed by atoms with van der Waals surface area (Å²) in [5, 5.41) is 4.87. The Hall–Kier alpha value is -3.93. The molecule has 0 bridgehead atoms. The van der Waals surface area contributed by atoms with Gasteiger partial charge in [-0.2, -0.15) is 0 Å². The number of sulfonamides is 1. The fourth-order valence-electron chi connectivity index (χ4n) is 3.95. The molecule has 1 heterocycles. The number of nitrogens with one attached hydrogen (secondary N) is 2. The van der Waals surface area contributed by atoms with Crippen LogP contribution in [0.4, 0.5) is 0 Å². The van der Waals surface area contributed by atoms with Crippen LogP contribution in [0.25, 0.3) is 0 Å². The topological polar surface area (TPSA) is 131 Å². The van der Waals surface area contributed by atoms with Gasteiger partial charge in [0.05, 0.1) is 36.1 Å². The normalized spacial score (nSPS) is 15.8. The van der Waals surface area contributed by atoms with E-state index in [9.17, 15) is 22.8 Å². The zero-order valence-electron chi connectivity index (χ0n) is 23.4. The zero-order chi connectivity index (χ0) is 30.5. The average molecular weight is 614 g/mol. The SMILES string of the molecule is CC1(C)CON(Cc2ccccc2Cl)C1=O.COc1ccccc1C(=O)NS(=O)(=O)c1ccc(C(=O)NC2CC2)cc1. The molecule has 1 aliphatic heterocycles. The van der Waals surface area contributed by atoms with E-state index < -0.39 is 21.3 Å². The van der Waals surface area contributed by atoms with E-state index in [1.165, 1.54) is 42.5 Å². The predicted molar refractivity (Wildman–Crippen MR) is 156 cm³/mol. The Balaban J connectivity index is 0.000000216. The number of benzene rings is 3. The number of para-hydroxylation sites is 1. The minimum Gasteiger partial charge on any atom is -0.496 e. The summed E-state index contributed by atoms with van der Waals surface area (Å²) >= 11 is 6.03. The average Bonchev–Trinajstić information content (AvgIpc) is 3.75. The maximum atomic E-state index is 12.4. The van der Waals surface area contributed by atoms with Crippen LogP contribution >= 0.6 is 11.6 Å². The summed E-state index contributed by atoms with van der Waals surface area (Å²) in [4.78, 5) is 41.4. The Morgan fingerprint density at radius 1 is 1.00 bits per heavy atom. The van der Waals surface area contributed by atoms with Crippen molar-refractivity contribution in [2.24, 2.45) is 5.41 Å². The van der Waals surface area contributed by atoms with Gasteiger partial charge in [0.2, 0.25) is 0 Å². The maximum absolute atomic E-state index is 12.4. The third kappa shape index (κ3) is 7.67. The van der Waals surface area contributed by atoms with Gasteiger partial charge < -0.3 is 10.1 Å². The summed E-state index contributed by atoms with van der Waals surface area (Å²) in [5.74, 6) is -0.757. The first kappa shape index (κ1) is 31.0. The largest absolute Gasteiger partial charge is 0.496 e. The minimum atomic E-state index is -4.07. The number of hydroxylamine groups is 2. The number of methoxy groups -OCH3 is 1. The molecule has 0 spiro atoms. The van der Waals surface area contributed by atoms with Gasteiger partial charge in [-0.15, -0.1) is 0 Å². The lowest BCUT2D eigenvalue weighted by Crippen LogP contribution is -2.31. The molecule has 42 heavy (non-hydrogen) atoms. The monoisotopic (exact) mass is 613 g/mol. The van der Waals surface area contributed by atoms with Crippen LogP contribution in [0.2, 0.25) is 5.02 Å². The summed E-state index contributed by atoms with van der Waals surface area (Å²) in [6.45, 7) is 4.59. The van der Waals surface area contributed by atoms with Gasteiger partial charge in [-0.25, -0.2) is 18.2 Å². The van der Waals surface area contributed by atoms with Gasteiger partial charge in [0.15, 0.2) is 0 Å². The van der Waals surface area contributed by atoms with Crippen LogP contribution in [0, 0.1) is 5.41 Å². The van der Waals surface area contributed by atoms with E-state index in [1.807, 2.05) is 42.8 Å². The Bertz CT molecular complexity index is 1570. The molecule has 12 heteroatoms. The number of carbonyl (C=O) groups is 3. The summed E-state index contributed by atoms with van der Waals surface area (Å²) in [6, 6.07) is 19.4. The smallest absolute Gasteiger partial charge is 0.268 e. The van der Waals surface area contributed by atoms with Crippen molar-refractivity contribution in [3.63, 3.8) is 0 Å². The first-order valence-corrected chi connectivity index (χ1v) is 15.1. The van der Waals surface area contributed by atoms with E-state index in [0.717, 1.165) is 18.4 Å². The number of hydrogen-bond donors (Lipinski definition) is 2. The van der Waals surface area contributed by atoms with E-state index in [4.69, 9.17) is 21.2 Å². The van der Waals surface area contributed by atoms with Crippen molar-refractivity contribution in [3.05, 3.63) is 94.5 Å². The highest BCUT2D eigenvalue weighted by Crippen LogP contribution is 2.29. The molecule has 3 amide bonds. The van der Waals surface area contributed by atoms with Crippen LogP contribution < -0.4 is 14.8 Å². The lowest BCUT2D eigenvalue weighted by Gasteiger charge is -2.16. The summed E-state index contributed by atoms with van der Waals surface area (Å²) in [6.07, 6.45) is 1.93. The third-order valence-electron chi connectivity index (χ3n) is 6.58. The predicted octanol–water partition coefficient (Wildman–Crippen LogP) is 4.35. The van der Waals surface area contributed by atoms with Crippen LogP contribution in [-0.4, -0.2) is 51.0 Å². The van der Waals surface area contributed by atoms with E-state index in [0.29, 0.717) is 23.7 Å². The second-order valence-corrected chi connectivity index (χ2v) is 12.6. The van der Waals surface area contributed by atoms with Crippen molar-refractivity contribution in [3.8, 4) is 5.75 Å². The molecule has 1 saturated carbocycles. The molecule has 0 aromatic heterocycles. The number of halogens is 1. The Kier molecular flexibility index (Phi) is 9.55. The number of ether oxygens (including phenoxy) is 1. The van der Waals surface area contributed by atoms with Crippen molar-refractivity contribution in [1.29, 1.82) is 0 Å². The van der Waals surface area contributed by atoms with Crippen LogP contribution in [0.5, 0.6) is 5.75 Å². The zero-order valence-corrected chi connectivity index (χ0v) is 25.0. The van der Waals surface area contributed by atoms with Crippen LogP contribution in [0.15, 0.2) is 77.7 Å². The van der Waals surface area contributed by atoms with Crippen LogP contribution in [-0.2, 0) is 26.2 Å². The summed E-state index contributed by atoms with van der Waals surface area (Å²) in [5.41, 5.74) is 0.947. The summed E-state index contributed by atoms with van der Waals surface area (Å²) in [7, 11) is -2.68. The number of amides is 3. The van der Waals surface area contributed by atoms with Gasteiger partial charge in [0.25, 0.3) is 27.7 Å². The molecule has 10 nitrogen and oxygen atoms in total. The molecule has 2 aliphatic rings. The maximum Gasteiger partial charge on any atom is 0.268 e. The van der Waals surface area contributed by atoms with Gasteiger partial charge in [0, 0.05) is 16.6 Å². The Morgan fingerprint density at radius 3 is 2.24 bits per heavy atom. The number of nitrogens with zero attached hydrogens (tertiary/aromatic N) is 1. The first-order chi connectivity index (χ1) is 19.9. The van der Waals surface area contributed by atoms with Gasteiger partial charge in [0.1, 0.15) is 5.75 Å². The second kappa shape index (κ2) is 12.9. The quantitative estimate of drug-likeness (QED) is 0.386. The van der Waals surface area contributed by atoms with E-state index in [2.05, 4.69) is 5.32 Å². The molecule has 222 valence electrons. The summed E-state index contributed by atoms with van der Waals surface area (Å²) < 4.78 is 31.9. The van der Waals surface area contributed by atoms with Gasteiger partial charge in [-0.1, -0.05) is 41.9 Å². The molecule has 1 saturated heterocycles. The molecule has 3 aromatic rings. The van der Waals surface area contributed by atoms with Crippen molar-refractivity contribution in [2.45, 2.75) is 44.2 Å². The molecular formula is C30H32ClN3O7S. The van der Waals surface area contributed by atoms with Crippen LogP contribution in [0.3, 0.4) is 0 Å². The molecule has 2 fully saturated rings. The van der Waals surface area contributed by atoms with Crippen molar-refractivity contribution >= 4 is 39.3 Å². The molecule has 3 aromatic carbocycles. The van der Waals surface area contributed by atoms with E-state index in [-0.39, 0.29) is 34.1 Å². The molecular weight excluding hydrogens is 582 g/mol. The molecule has 0 unspecified atom stereocenters. The van der Waals surface area contributed by atoms with Crippen molar-refractivity contribution < 1.29 is 32.4 Å². The Morgan fingerprint density at radius 2 is 1.64 bits per heavy atom. The molecule has 1 aliphatic carbocycles. The fraction of sp³-hybridized carbons (Fsp3) is 0.300. The number of carbonyl (C=O) groups excluding carboxylic acids is 3. The molecule has 0 radical (unpaired) electrons. The van der Waals surface area contributed by atoms with E-state index in [1.54, 1.807) is 18.2 Å². The first-order valence-electron chi connectivity index (χ1n) is 13.2. The highest BCUT2D eigenvalue weighted by molar-refractivity contribution is 7.90. The van der Waals surface area contributed by atoms with Crippen molar-refractivity contribution in [1.82, 2.24) is 15.1 Å². The second-order valence-electron chi connectivity index (χ2n) is 10.5. The fourth-order valence-corrected chi connectivity index (χ4v) is 5.11. The van der Waals surface area contributed by atoms with Crippen molar-refractivity contribution in [2.75, 3.05) is 13.7 Å². The highest BCUT2D eigenvalue weighted by atomic mass is 35.5. The highest BCUT2D eigenvalue weighted by Gasteiger charge is 2.40. The van der Waals surface area contributed by atoms with Gasteiger partial charge in [-0.3, -0.25) is 19.2 Å². The molecule has 2 N–H and O–H groups in total. The van der Waals surface area contributed by atoms with E-state index >= 15 is 0 Å². The molecule has 0 atom stereocenters. The lowest BCUT2D eigenvalue weighted by molar-refractivity contribution is -0.165. The van der Waals surface area contributed by atoms with Gasteiger partial charge >= 0.3 is 0 Å². The Labute approximate surface area is 250 Å². The van der Waals surface area contributed by atoms with Gasteiger partial charge in [-0.05, 0) is 74.7 Å².